The second kappa shape index (κ2) is 3.57. The molecule has 3 heterocycles. The summed E-state index contributed by atoms with van der Waals surface area (Å²) in [5, 5.41) is 0. The molecule has 3 aliphatic rings. The molecule has 0 fully saturated rings. The van der Waals surface area contributed by atoms with Crippen molar-refractivity contribution in [3.8, 4) is 0 Å². The molecule has 1 nitrogen and oxygen atoms in total. The van der Waals surface area contributed by atoms with Crippen molar-refractivity contribution in [2.45, 2.75) is 12.0 Å². The molecular formula is C19H14N+. The fourth-order valence-corrected chi connectivity index (χ4v) is 3.95. The molecule has 0 unspecified atom stereocenters. The highest BCUT2D eigenvalue weighted by Gasteiger charge is 2.46. The SMILES string of the molecule is c1ccc2c(c1)C1c3ccccc3C2[n+]2ccccc21. The van der Waals surface area contributed by atoms with Crippen LogP contribution in [-0.4, -0.2) is 0 Å². The first-order valence-electron chi connectivity index (χ1n) is 7.13. The molecule has 0 atom stereocenters. The summed E-state index contributed by atoms with van der Waals surface area (Å²) in [6.07, 6.45) is 2.22. The van der Waals surface area contributed by atoms with Crippen molar-refractivity contribution in [1.82, 2.24) is 0 Å². The van der Waals surface area contributed by atoms with Gasteiger partial charge in [0, 0.05) is 23.3 Å². The van der Waals surface area contributed by atoms with E-state index >= 15 is 0 Å². The summed E-state index contributed by atoms with van der Waals surface area (Å²) in [7, 11) is 0. The first-order chi connectivity index (χ1) is 9.95. The van der Waals surface area contributed by atoms with Crippen molar-refractivity contribution in [1.29, 1.82) is 0 Å². The molecule has 20 heavy (non-hydrogen) atoms. The van der Waals surface area contributed by atoms with Gasteiger partial charge >= 0.3 is 0 Å². The molecule has 0 saturated carbocycles. The van der Waals surface area contributed by atoms with Gasteiger partial charge in [0.05, 0.1) is 5.92 Å². The number of hydrogen-bond acceptors (Lipinski definition) is 0. The molecule has 0 N–H and O–H groups in total. The lowest BCUT2D eigenvalue weighted by Gasteiger charge is -2.36. The van der Waals surface area contributed by atoms with Crippen LogP contribution in [0.5, 0.6) is 0 Å². The van der Waals surface area contributed by atoms with Crippen LogP contribution in [0.15, 0.2) is 72.9 Å². The molecule has 2 aliphatic heterocycles. The molecule has 0 amide bonds. The minimum atomic E-state index is 0.337. The maximum atomic E-state index is 2.44. The number of hydrogen-bond donors (Lipinski definition) is 0. The highest BCUT2D eigenvalue weighted by Crippen LogP contribution is 2.47. The van der Waals surface area contributed by atoms with Crippen LogP contribution in [0, 0.1) is 0 Å². The van der Waals surface area contributed by atoms with Gasteiger partial charge in [-0.25, -0.2) is 0 Å². The summed E-state index contributed by atoms with van der Waals surface area (Å²) < 4.78 is 2.44. The van der Waals surface area contributed by atoms with Crippen molar-refractivity contribution in [3.05, 3.63) is 101 Å². The van der Waals surface area contributed by atoms with Gasteiger partial charge < -0.3 is 0 Å². The molecule has 3 aromatic rings. The van der Waals surface area contributed by atoms with Gasteiger partial charge in [0.1, 0.15) is 0 Å². The second-order valence-electron chi connectivity index (χ2n) is 5.63. The topological polar surface area (TPSA) is 3.88 Å². The predicted molar refractivity (Wildman–Crippen MR) is 77.7 cm³/mol. The molecule has 1 aliphatic carbocycles. The summed E-state index contributed by atoms with van der Waals surface area (Å²) in [6, 6.07) is 24.7. The third kappa shape index (κ3) is 1.11. The van der Waals surface area contributed by atoms with Gasteiger partial charge in [-0.15, -0.1) is 0 Å². The van der Waals surface area contributed by atoms with E-state index in [-0.39, 0.29) is 0 Å². The largest absolute Gasteiger partial charge is 0.209 e. The molecule has 0 spiro atoms. The third-order valence-corrected chi connectivity index (χ3v) is 4.70. The molecule has 2 bridgehead atoms. The van der Waals surface area contributed by atoms with Gasteiger partial charge in [-0.2, -0.15) is 4.57 Å². The van der Waals surface area contributed by atoms with Crippen molar-refractivity contribution >= 4 is 0 Å². The normalized spacial score (nSPS) is 21.0. The lowest BCUT2D eigenvalue weighted by atomic mass is 9.70. The summed E-state index contributed by atoms with van der Waals surface area (Å²) in [4.78, 5) is 0. The first-order valence-corrected chi connectivity index (χ1v) is 7.13. The van der Waals surface area contributed by atoms with E-state index < -0.39 is 0 Å². The summed E-state index contributed by atoms with van der Waals surface area (Å²) >= 11 is 0. The quantitative estimate of drug-likeness (QED) is 0.374. The Morgan fingerprint density at radius 1 is 0.600 bits per heavy atom. The van der Waals surface area contributed by atoms with E-state index in [1.54, 1.807) is 0 Å². The average molecular weight is 256 g/mol. The Morgan fingerprint density at radius 3 is 1.80 bits per heavy atom. The van der Waals surface area contributed by atoms with Gasteiger partial charge in [0.25, 0.3) is 0 Å². The monoisotopic (exact) mass is 256 g/mol. The van der Waals surface area contributed by atoms with Crippen molar-refractivity contribution in [3.63, 3.8) is 0 Å². The van der Waals surface area contributed by atoms with Gasteiger partial charge in [-0.1, -0.05) is 54.6 Å². The molecular weight excluding hydrogens is 242 g/mol. The van der Waals surface area contributed by atoms with Crippen LogP contribution in [0.1, 0.15) is 39.9 Å². The Kier molecular flexibility index (Phi) is 1.86. The van der Waals surface area contributed by atoms with Crippen LogP contribution in [0.4, 0.5) is 0 Å². The zero-order chi connectivity index (χ0) is 13.1. The van der Waals surface area contributed by atoms with E-state index in [9.17, 15) is 0 Å². The molecule has 6 rings (SSSR count). The van der Waals surface area contributed by atoms with Gasteiger partial charge in [-0.05, 0) is 11.1 Å². The molecule has 0 radical (unpaired) electrons. The standard InChI is InChI=1S/C19H14N/c1-3-9-15-13(7-1)18-14-8-2-4-10-16(14)19(15)20-12-6-5-11-17(18)20/h1-12,18-19H/q+1. The molecule has 94 valence electrons. The minimum absolute atomic E-state index is 0.337. The molecule has 1 aromatic heterocycles. The Balaban J connectivity index is 1.93. The maximum Gasteiger partial charge on any atom is 0.209 e. The van der Waals surface area contributed by atoms with Crippen LogP contribution in [-0.2, 0) is 0 Å². The third-order valence-electron chi connectivity index (χ3n) is 4.70. The van der Waals surface area contributed by atoms with Crippen LogP contribution >= 0.6 is 0 Å². The Morgan fingerprint density at radius 2 is 1.15 bits per heavy atom. The average Bonchev–Trinajstić information content (AvgIpc) is 2.54. The zero-order valence-electron chi connectivity index (χ0n) is 11.0. The second-order valence-corrected chi connectivity index (χ2v) is 5.63. The van der Waals surface area contributed by atoms with Crippen LogP contribution in [0.2, 0.25) is 0 Å². The highest BCUT2D eigenvalue weighted by molar-refractivity contribution is 5.56. The van der Waals surface area contributed by atoms with Crippen molar-refractivity contribution < 1.29 is 4.57 Å². The Labute approximate surface area is 118 Å². The number of nitrogens with zero attached hydrogens (tertiary/aromatic N) is 1. The molecule has 2 aromatic carbocycles. The summed E-state index contributed by atoms with van der Waals surface area (Å²) in [6.45, 7) is 0. The maximum absolute atomic E-state index is 2.44. The van der Waals surface area contributed by atoms with E-state index in [4.69, 9.17) is 0 Å². The van der Waals surface area contributed by atoms with E-state index in [0.29, 0.717) is 12.0 Å². The number of aromatic nitrogens is 1. The van der Waals surface area contributed by atoms with Crippen LogP contribution in [0.3, 0.4) is 0 Å². The lowest BCUT2D eigenvalue weighted by Crippen LogP contribution is -2.52. The van der Waals surface area contributed by atoms with E-state index in [2.05, 4.69) is 77.5 Å². The summed E-state index contributed by atoms with van der Waals surface area (Å²) in [5.41, 5.74) is 7.28. The number of pyridine rings is 1. The Bertz CT molecular complexity index is 653. The van der Waals surface area contributed by atoms with E-state index in [1.807, 2.05) is 0 Å². The van der Waals surface area contributed by atoms with Gasteiger partial charge in [0.2, 0.25) is 6.04 Å². The van der Waals surface area contributed by atoms with Gasteiger partial charge in [-0.3, -0.25) is 0 Å². The molecule has 1 heteroatoms. The van der Waals surface area contributed by atoms with Gasteiger partial charge in [0.15, 0.2) is 11.9 Å². The first kappa shape index (κ1) is 10.4. The summed E-state index contributed by atoms with van der Waals surface area (Å²) in [5.74, 6) is 0.383. The van der Waals surface area contributed by atoms with E-state index in [1.165, 1.54) is 27.9 Å². The van der Waals surface area contributed by atoms with Crippen LogP contribution < -0.4 is 4.57 Å². The van der Waals surface area contributed by atoms with Crippen molar-refractivity contribution in [2.24, 2.45) is 0 Å². The highest BCUT2D eigenvalue weighted by atomic mass is 15.0. The minimum Gasteiger partial charge on any atom is -0.190 e. The fraction of sp³-hybridized carbons (Fsp3) is 0.105. The van der Waals surface area contributed by atoms with Crippen LogP contribution in [0.25, 0.3) is 0 Å². The Hall–Kier alpha value is -2.41. The molecule has 0 saturated heterocycles. The zero-order valence-corrected chi connectivity index (χ0v) is 11.0. The smallest absolute Gasteiger partial charge is 0.190 e. The van der Waals surface area contributed by atoms with Crippen molar-refractivity contribution in [2.75, 3.05) is 0 Å². The fourth-order valence-electron chi connectivity index (χ4n) is 3.95. The predicted octanol–water partition coefficient (Wildman–Crippen LogP) is 3.42. The van der Waals surface area contributed by atoms with E-state index in [0.717, 1.165) is 0 Å². The lowest BCUT2D eigenvalue weighted by molar-refractivity contribution is -0.717. The number of rotatable bonds is 0. The number of benzene rings is 2.